The third-order valence-corrected chi connectivity index (χ3v) is 6.63. The molecule has 1 aliphatic heterocycles. The van der Waals surface area contributed by atoms with Crippen LogP contribution in [0.5, 0.6) is 0 Å². The topological polar surface area (TPSA) is 29.3 Å². The van der Waals surface area contributed by atoms with Crippen LogP contribution in [-0.2, 0) is 13.1 Å². The molecule has 0 unspecified atom stereocenters. The Morgan fingerprint density at radius 2 is 1.50 bits per heavy atom. The first-order chi connectivity index (χ1) is 9.70. The Balaban J connectivity index is 1.47. The number of nitrogens with zero attached hydrogens (tertiary/aromatic N) is 1. The average Bonchev–Trinajstić information content (AvgIpc) is 2.80. The summed E-state index contributed by atoms with van der Waals surface area (Å²) < 4.78 is 0. The molecule has 4 aliphatic carbocycles. The Kier molecular flexibility index (Phi) is 2.20. The lowest BCUT2D eigenvalue weighted by Gasteiger charge is -2.60. The van der Waals surface area contributed by atoms with Crippen LogP contribution in [0.1, 0.15) is 49.7 Å². The van der Waals surface area contributed by atoms with E-state index < -0.39 is 0 Å². The Hall–Kier alpha value is -1.02. The van der Waals surface area contributed by atoms with Crippen LogP contribution in [0, 0.1) is 17.8 Å². The van der Waals surface area contributed by atoms with Gasteiger partial charge < -0.3 is 5.73 Å². The van der Waals surface area contributed by atoms with Crippen LogP contribution in [0.4, 0.5) is 5.69 Å². The van der Waals surface area contributed by atoms with Crippen molar-refractivity contribution in [2.45, 2.75) is 57.2 Å². The Bertz CT molecular complexity index is 527. The molecule has 2 heteroatoms. The lowest BCUT2D eigenvalue weighted by Crippen LogP contribution is -2.58. The monoisotopic (exact) mass is 268 g/mol. The minimum absolute atomic E-state index is 0.544. The van der Waals surface area contributed by atoms with Crippen molar-refractivity contribution >= 4 is 5.69 Å². The lowest BCUT2D eigenvalue weighted by atomic mass is 9.52. The van der Waals surface area contributed by atoms with Crippen molar-refractivity contribution < 1.29 is 0 Å². The zero-order chi connectivity index (χ0) is 13.3. The summed E-state index contributed by atoms with van der Waals surface area (Å²) in [6.07, 6.45) is 9.03. The van der Waals surface area contributed by atoms with Crippen molar-refractivity contribution in [3.63, 3.8) is 0 Å². The average molecular weight is 268 g/mol. The van der Waals surface area contributed by atoms with Gasteiger partial charge in [0.15, 0.2) is 0 Å². The molecule has 2 N–H and O–H groups in total. The van der Waals surface area contributed by atoms with E-state index in [9.17, 15) is 0 Å². The summed E-state index contributed by atoms with van der Waals surface area (Å²) in [5, 5.41) is 0. The fourth-order valence-corrected chi connectivity index (χ4v) is 6.20. The first-order valence-electron chi connectivity index (χ1n) is 8.32. The van der Waals surface area contributed by atoms with Crippen LogP contribution in [0.15, 0.2) is 18.2 Å². The number of nitrogens with two attached hydrogens (primary N) is 1. The fraction of sp³-hybridized carbons (Fsp3) is 0.667. The van der Waals surface area contributed by atoms with Gasteiger partial charge in [-0.3, -0.25) is 4.90 Å². The highest BCUT2D eigenvalue weighted by Crippen LogP contribution is 2.58. The second-order valence-corrected chi connectivity index (χ2v) is 8.03. The first-order valence-corrected chi connectivity index (χ1v) is 8.32. The quantitative estimate of drug-likeness (QED) is 0.789. The molecule has 4 fully saturated rings. The van der Waals surface area contributed by atoms with Crippen LogP contribution in [0.2, 0.25) is 0 Å². The van der Waals surface area contributed by atoms with E-state index >= 15 is 0 Å². The zero-order valence-electron chi connectivity index (χ0n) is 12.1. The van der Waals surface area contributed by atoms with Crippen LogP contribution in [0.3, 0.4) is 0 Å². The molecule has 1 aromatic rings. The molecule has 2 nitrogen and oxygen atoms in total. The van der Waals surface area contributed by atoms with E-state index in [-0.39, 0.29) is 0 Å². The minimum Gasteiger partial charge on any atom is -0.399 e. The summed E-state index contributed by atoms with van der Waals surface area (Å²) in [6.45, 7) is 2.31. The van der Waals surface area contributed by atoms with Gasteiger partial charge in [-0.15, -0.1) is 0 Å². The highest BCUT2D eigenvalue weighted by molar-refractivity contribution is 5.46. The smallest absolute Gasteiger partial charge is 0.0317 e. The molecule has 0 atom stereocenters. The normalized spacial score (nSPS) is 42.1. The van der Waals surface area contributed by atoms with Crippen LogP contribution in [-0.4, -0.2) is 10.4 Å². The number of hydrogen-bond acceptors (Lipinski definition) is 2. The predicted octanol–water partition coefficient (Wildman–Crippen LogP) is 3.55. The number of fused-ring (bicyclic) bond motifs is 1. The number of hydrogen-bond donors (Lipinski definition) is 1. The molecule has 20 heavy (non-hydrogen) atoms. The standard InChI is InChI=1S/C18H24N2/c19-17-2-1-15-10-20(11-16(15)6-17)18-7-12-3-13(8-18)5-14(4-12)9-18/h1-2,6,12-14H,3-5,7-11,19H2. The molecule has 0 radical (unpaired) electrons. The van der Waals surface area contributed by atoms with E-state index in [0.717, 1.165) is 30.0 Å². The summed E-state index contributed by atoms with van der Waals surface area (Å²) in [4.78, 5) is 2.82. The molecular formula is C18H24N2. The van der Waals surface area contributed by atoms with Crippen molar-refractivity contribution in [1.82, 2.24) is 4.90 Å². The molecule has 0 aromatic heterocycles. The molecule has 0 saturated heterocycles. The number of anilines is 1. The van der Waals surface area contributed by atoms with Crippen molar-refractivity contribution in [2.75, 3.05) is 5.73 Å². The van der Waals surface area contributed by atoms with Gasteiger partial charge in [0.1, 0.15) is 0 Å². The van der Waals surface area contributed by atoms with Crippen molar-refractivity contribution in [3.05, 3.63) is 29.3 Å². The van der Waals surface area contributed by atoms with Gasteiger partial charge in [0.25, 0.3) is 0 Å². The van der Waals surface area contributed by atoms with Gasteiger partial charge in [-0.2, -0.15) is 0 Å². The van der Waals surface area contributed by atoms with Crippen molar-refractivity contribution in [1.29, 1.82) is 0 Å². The molecule has 6 rings (SSSR count). The van der Waals surface area contributed by atoms with Crippen molar-refractivity contribution in [3.8, 4) is 0 Å². The van der Waals surface area contributed by atoms with Gasteiger partial charge in [-0.1, -0.05) is 6.07 Å². The van der Waals surface area contributed by atoms with Gasteiger partial charge in [-0.05, 0) is 79.5 Å². The number of rotatable bonds is 1. The highest BCUT2D eigenvalue weighted by Gasteiger charge is 2.54. The summed E-state index contributed by atoms with van der Waals surface area (Å²) >= 11 is 0. The minimum atomic E-state index is 0.544. The summed E-state index contributed by atoms with van der Waals surface area (Å²) in [5.74, 6) is 3.11. The molecule has 1 aromatic carbocycles. The molecule has 0 amide bonds. The maximum atomic E-state index is 5.96. The summed E-state index contributed by atoms with van der Waals surface area (Å²) in [7, 11) is 0. The fourth-order valence-electron chi connectivity index (χ4n) is 6.20. The molecule has 4 bridgehead atoms. The third-order valence-electron chi connectivity index (χ3n) is 6.63. The van der Waals surface area contributed by atoms with Gasteiger partial charge in [0, 0.05) is 24.3 Å². The largest absolute Gasteiger partial charge is 0.399 e. The van der Waals surface area contributed by atoms with Crippen molar-refractivity contribution in [2.24, 2.45) is 17.8 Å². The SMILES string of the molecule is Nc1ccc2c(c1)CN(C13CC4CC(CC(C4)C1)C3)C2. The zero-order valence-corrected chi connectivity index (χ0v) is 12.1. The maximum absolute atomic E-state index is 5.96. The Morgan fingerprint density at radius 1 is 0.900 bits per heavy atom. The molecule has 106 valence electrons. The molecular weight excluding hydrogens is 244 g/mol. The maximum Gasteiger partial charge on any atom is 0.0317 e. The van der Waals surface area contributed by atoms with E-state index in [1.54, 1.807) is 0 Å². The number of nitrogen functional groups attached to an aromatic ring is 1. The van der Waals surface area contributed by atoms with Crippen LogP contribution in [0.25, 0.3) is 0 Å². The molecule has 5 aliphatic rings. The lowest BCUT2D eigenvalue weighted by molar-refractivity contribution is -0.0915. The second kappa shape index (κ2) is 3.79. The van der Waals surface area contributed by atoms with E-state index in [1.807, 2.05) is 0 Å². The van der Waals surface area contributed by atoms with Gasteiger partial charge >= 0.3 is 0 Å². The number of benzene rings is 1. The van der Waals surface area contributed by atoms with E-state index in [1.165, 1.54) is 56.2 Å². The molecule has 1 heterocycles. The van der Waals surface area contributed by atoms with E-state index in [2.05, 4.69) is 23.1 Å². The highest BCUT2D eigenvalue weighted by atomic mass is 15.2. The Morgan fingerprint density at radius 3 is 2.15 bits per heavy atom. The summed E-state index contributed by atoms with van der Waals surface area (Å²) in [6, 6.07) is 6.53. The van der Waals surface area contributed by atoms with E-state index in [0.29, 0.717) is 5.54 Å². The predicted molar refractivity (Wildman–Crippen MR) is 81.0 cm³/mol. The van der Waals surface area contributed by atoms with Crippen LogP contribution >= 0.6 is 0 Å². The van der Waals surface area contributed by atoms with Gasteiger partial charge in [0.05, 0.1) is 0 Å². The van der Waals surface area contributed by atoms with Gasteiger partial charge in [-0.25, -0.2) is 0 Å². The van der Waals surface area contributed by atoms with E-state index in [4.69, 9.17) is 5.73 Å². The molecule has 4 saturated carbocycles. The Labute approximate surface area is 121 Å². The van der Waals surface area contributed by atoms with Gasteiger partial charge in [0.2, 0.25) is 0 Å². The third kappa shape index (κ3) is 1.54. The first kappa shape index (κ1) is 11.6. The summed E-state index contributed by atoms with van der Waals surface area (Å²) in [5.41, 5.74) is 10.4. The second-order valence-electron chi connectivity index (χ2n) is 8.03. The van der Waals surface area contributed by atoms with Crippen LogP contribution < -0.4 is 5.73 Å². The molecule has 0 spiro atoms.